The van der Waals surface area contributed by atoms with Crippen molar-refractivity contribution in [3.63, 3.8) is 0 Å². The molecule has 1 aliphatic rings. The molecule has 0 spiro atoms. The molecular formula is C17H25FN2O2. The molecule has 1 saturated carbocycles. The lowest BCUT2D eigenvalue weighted by Crippen LogP contribution is -2.46. The van der Waals surface area contributed by atoms with Crippen LogP contribution in [0.15, 0.2) is 18.2 Å². The summed E-state index contributed by atoms with van der Waals surface area (Å²) < 4.78 is 18.6. The molecule has 1 aliphatic carbocycles. The predicted octanol–water partition coefficient (Wildman–Crippen LogP) is 3.55. The van der Waals surface area contributed by atoms with Gasteiger partial charge in [-0.05, 0) is 36.5 Å². The van der Waals surface area contributed by atoms with Crippen molar-refractivity contribution in [3.05, 3.63) is 29.6 Å². The van der Waals surface area contributed by atoms with E-state index in [0.717, 1.165) is 12.0 Å². The zero-order valence-corrected chi connectivity index (χ0v) is 13.6. The summed E-state index contributed by atoms with van der Waals surface area (Å²) in [6.07, 6.45) is 4.62. The second-order valence-electron chi connectivity index (χ2n) is 6.14. The van der Waals surface area contributed by atoms with Crippen LogP contribution in [0.25, 0.3) is 0 Å². The first-order valence-corrected chi connectivity index (χ1v) is 7.85. The number of urea groups is 1. The number of carbonyl (C=O) groups excluding carboxylic acids is 1. The molecule has 22 heavy (non-hydrogen) atoms. The molecule has 1 fully saturated rings. The van der Waals surface area contributed by atoms with Gasteiger partial charge in [0, 0.05) is 19.6 Å². The average Bonchev–Trinajstić information content (AvgIpc) is 2.49. The Hall–Kier alpha value is -1.78. The van der Waals surface area contributed by atoms with Crippen LogP contribution in [0.5, 0.6) is 5.75 Å². The smallest absolute Gasteiger partial charge is 0.317 e. The van der Waals surface area contributed by atoms with Gasteiger partial charge in [0.2, 0.25) is 0 Å². The minimum atomic E-state index is -0.408. The largest absolute Gasteiger partial charge is 0.494 e. The molecule has 122 valence electrons. The van der Waals surface area contributed by atoms with Gasteiger partial charge < -0.3 is 15.0 Å². The van der Waals surface area contributed by atoms with Crippen molar-refractivity contribution in [1.82, 2.24) is 10.2 Å². The molecule has 1 aromatic rings. The van der Waals surface area contributed by atoms with Crippen LogP contribution in [0, 0.1) is 11.7 Å². The summed E-state index contributed by atoms with van der Waals surface area (Å²) in [5, 5.41) is 3.09. The maximum absolute atomic E-state index is 13.7. The Morgan fingerprint density at radius 2 is 2.14 bits per heavy atom. The van der Waals surface area contributed by atoms with Gasteiger partial charge >= 0.3 is 6.03 Å². The van der Waals surface area contributed by atoms with Crippen LogP contribution in [0.4, 0.5) is 9.18 Å². The van der Waals surface area contributed by atoms with Crippen LogP contribution < -0.4 is 10.1 Å². The number of carbonyl (C=O) groups is 1. The van der Waals surface area contributed by atoms with Gasteiger partial charge in [0.05, 0.1) is 7.11 Å². The van der Waals surface area contributed by atoms with Crippen LogP contribution in [0.3, 0.4) is 0 Å². The Morgan fingerprint density at radius 3 is 2.77 bits per heavy atom. The fourth-order valence-electron chi connectivity index (χ4n) is 2.95. The van der Waals surface area contributed by atoms with Crippen molar-refractivity contribution >= 4 is 6.03 Å². The first-order valence-electron chi connectivity index (χ1n) is 7.85. The molecule has 2 atom stereocenters. The summed E-state index contributed by atoms with van der Waals surface area (Å²) in [6, 6.07) is 4.91. The first-order chi connectivity index (χ1) is 10.5. The molecule has 4 nitrogen and oxygen atoms in total. The fraction of sp³-hybridized carbons (Fsp3) is 0.588. The maximum Gasteiger partial charge on any atom is 0.317 e. The van der Waals surface area contributed by atoms with Crippen molar-refractivity contribution in [2.45, 2.75) is 45.2 Å². The fourth-order valence-corrected chi connectivity index (χ4v) is 2.95. The van der Waals surface area contributed by atoms with Crippen molar-refractivity contribution in [3.8, 4) is 5.75 Å². The zero-order valence-electron chi connectivity index (χ0n) is 13.6. The zero-order chi connectivity index (χ0) is 16.1. The predicted molar refractivity (Wildman–Crippen MR) is 84.4 cm³/mol. The van der Waals surface area contributed by atoms with E-state index in [2.05, 4.69) is 12.2 Å². The number of nitrogens with one attached hydrogen (secondary N) is 1. The van der Waals surface area contributed by atoms with Gasteiger partial charge in [-0.15, -0.1) is 0 Å². The van der Waals surface area contributed by atoms with Crippen LogP contribution >= 0.6 is 0 Å². The molecule has 1 aromatic carbocycles. The number of benzene rings is 1. The lowest BCUT2D eigenvalue weighted by atomic mass is 9.86. The number of amides is 2. The minimum Gasteiger partial charge on any atom is -0.494 e. The van der Waals surface area contributed by atoms with Crippen LogP contribution in [0.1, 0.15) is 38.2 Å². The van der Waals surface area contributed by atoms with Crippen LogP contribution in [0.2, 0.25) is 0 Å². The number of hydrogen-bond acceptors (Lipinski definition) is 2. The van der Waals surface area contributed by atoms with E-state index < -0.39 is 5.82 Å². The van der Waals surface area contributed by atoms with E-state index in [-0.39, 0.29) is 17.8 Å². The third-order valence-electron chi connectivity index (χ3n) is 4.40. The normalized spacial score (nSPS) is 21.3. The summed E-state index contributed by atoms with van der Waals surface area (Å²) in [5.41, 5.74) is 0.743. The Kier molecular flexibility index (Phi) is 5.63. The number of hydrogen-bond donors (Lipinski definition) is 1. The van der Waals surface area contributed by atoms with E-state index in [1.54, 1.807) is 24.1 Å². The molecule has 5 heteroatoms. The molecule has 0 bridgehead atoms. The number of halogens is 1. The summed E-state index contributed by atoms with van der Waals surface area (Å²) in [4.78, 5) is 13.9. The van der Waals surface area contributed by atoms with E-state index in [1.165, 1.54) is 32.4 Å². The van der Waals surface area contributed by atoms with E-state index >= 15 is 0 Å². The Morgan fingerprint density at radius 1 is 1.41 bits per heavy atom. The molecular weight excluding hydrogens is 283 g/mol. The standard InChI is InChI=1S/C17H25FN2O2/c1-12-6-4-5-7-15(12)19-17(21)20(2)11-13-8-9-16(22-3)14(18)10-13/h8-10,12,15H,4-7,11H2,1-3H3,(H,19,21). The topological polar surface area (TPSA) is 41.6 Å². The Balaban J connectivity index is 1.92. The molecule has 2 amide bonds. The van der Waals surface area contributed by atoms with Crippen LogP contribution in [-0.4, -0.2) is 31.1 Å². The number of rotatable bonds is 4. The SMILES string of the molecule is COc1ccc(CN(C)C(=O)NC2CCCCC2C)cc1F. The van der Waals surface area contributed by atoms with Gasteiger partial charge in [0.15, 0.2) is 11.6 Å². The Labute approximate surface area is 131 Å². The lowest BCUT2D eigenvalue weighted by Gasteiger charge is -2.31. The average molecular weight is 308 g/mol. The van der Waals surface area contributed by atoms with E-state index in [0.29, 0.717) is 12.5 Å². The van der Waals surface area contributed by atoms with E-state index in [9.17, 15) is 9.18 Å². The molecule has 0 saturated heterocycles. The maximum atomic E-state index is 13.7. The molecule has 2 rings (SSSR count). The van der Waals surface area contributed by atoms with Crippen molar-refractivity contribution in [1.29, 1.82) is 0 Å². The highest BCUT2D eigenvalue weighted by atomic mass is 19.1. The summed E-state index contributed by atoms with van der Waals surface area (Å²) >= 11 is 0. The van der Waals surface area contributed by atoms with E-state index in [4.69, 9.17) is 4.74 Å². The number of ether oxygens (including phenoxy) is 1. The van der Waals surface area contributed by atoms with Gasteiger partial charge in [-0.1, -0.05) is 25.8 Å². The summed E-state index contributed by atoms with van der Waals surface area (Å²) in [5.74, 6) is 0.325. The van der Waals surface area contributed by atoms with Crippen molar-refractivity contribution in [2.24, 2.45) is 5.92 Å². The van der Waals surface area contributed by atoms with Crippen molar-refractivity contribution < 1.29 is 13.9 Å². The molecule has 1 N–H and O–H groups in total. The lowest BCUT2D eigenvalue weighted by molar-refractivity contribution is 0.190. The van der Waals surface area contributed by atoms with Gasteiger partial charge in [0.1, 0.15) is 0 Å². The summed E-state index contributed by atoms with van der Waals surface area (Å²) in [6.45, 7) is 2.55. The summed E-state index contributed by atoms with van der Waals surface area (Å²) in [7, 11) is 3.16. The second kappa shape index (κ2) is 7.47. The number of nitrogens with zero attached hydrogens (tertiary/aromatic N) is 1. The molecule has 0 aromatic heterocycles. The highest BCUT2D eigenvalue weighted by molar-refractivity contribution is 5.74. The second-order valence-corrected chi connectivity index (χ2v) is 6.14. The monoisotopic (exact) mass is 308 g/mol. The third kappa shape index (κ3) is 4.12. The van der Waals surface area contributed by atoms with E-state index in [1.807, 2.05) is 0 Å². The third-order valence-corrected chi connectivity index (χ3v) is 4.40. The van der Waals surface area contributed by atoms with Crippen LogP contribution in [-0.2, 0) is 6.54 Å². The minimum absolute atomic E-state index is 0.102. The van der Waals surface area contributed by atoms with Gasteiger partial charge in [0.25, 0.3) is 0 Å². The highest BCUT2D eigenvalue weighted by Gasteiger charge is 2.24. The van der Waals surface area contributed by atoms with Gasteiger partial charge in [-0.25, -0.2) is 9.18 Å². The first kappa shape index (κ1) is 16.6. The Bertz CT molecular complexity index is 521. The molecule has 0 aliphatic heterocycles. The molecule has 0 heterocycles. The molecule has 0 radical (unpaired) electrons. The molecule has 2 unspecified atom stereocenters. The quantitative estimate of drug-likeness (QED) is 0.924. The van der Waals surface area contributed by atoms with Gasteiger partial charge in [-0.3, -0.25) is 0 Å². The van der Waals surface area contributed by atoms with Gasteiger partial charge in [-0.2, -0.15) is 0 Å². The van der Waals surface area contributed by atoms with Crippen molar-refractivity contribution in [2.75, 3.05) is 14.2 Å². The highest BCUT2D eigenvalue weighted by Crippen LogP contribution is 2.24. The number of methoxy groups -OCH3 is 1.